The third-order valence-electron chi connectivity index (χ3n) is 8.49. The number of rotatable bonds is 6. The zero-order chi connectivity index (χ0) is 30.2. The minimum absolute atomic E-state index is 0.751. The van der Waals surface area contributed by atoms with Crippen molar-refractivity contribution in [3.63, 3.8) is 0 Å². The first kappa shape index (κ1) is 27.1. The molecule has 8 rings (SSSR count). The lowest BCUT2D eigenvalue weighted by atomic mass is 9.94. The smallest absolute Gasteiger partial charge is 0.173 e. The van der Waals surface area contributed by atoms with Crippen molar-refractivity contribution in [1.29, 1.82) is 0 Å². The summed E-state index contributed by atoms with van der Waals surface area (Å²) in [5.41, 5.74) is 5.94. The van der Waals surface area contributed by atoms with Crippen LogP contribution in [0.25, 0.3) is 49.7 Å². The van der Waals surface area contributed by atoms with Crippen LogP contribution in [0.1, 0.15) is 0 Å². The molecule has 0 saturated heterocycles. The molecule has 4 heteroatoms. The summed E-state index contributed by atoms with van der Waals surface area (Å²) in [6, 6.07) is 59.4. The maximum absolute atomic E-state index is 15.7. The summed E-state index contributed by atoms with van der Waals surface area (Å²) < 4.78 is 17.8. The summed E-state index contributed by atoms with van der Waals surface area (Å²) in [4.78, 5) is 0. The predicted molar refractivity (Wildman–Crippen MR) is 189 cm³/mol. The fraction of sp³-hybridized carbons (Fsp3) is 0. The molecule has 0 aliphatic carbocycles. The lowest BCUT2D eigenvalue weighted by Gasteiger charge is -2.23. The van der Waals surface area contributed by atoms with Crippen molar-refractivity contribution in [2.24, 2.45) is 0 Å². The van der Waals surface area contributed by atoms with Gasteiger partial charge in [-0.15, -0.1) is 0 Å². The first-order valence-electron chi connectivity index (χ1n) is 15.1. The van der Waals surface area contributed by atoms with Gasteiger partial charge in [0.1, 0.15) is 5.69 Å². The lowest BCUT2D eigenvalue weighted by molar-refractivity contribution is 0.592. The molecule has 0 unspecified atom stereocenters. The molecule has 0 saturated carbocycles. The first-order valence-corrected chi connectivity index (χ1v) is 16.8. The minimum atomic E-state index is -3.31. The van der Waals surface area contributed by atoms with Crippen molar-refractivity contribution in [2.45, 2.75) is 0 Å². The van der Waals surface area contributed by atoms with E-state index in [0.29, 0.717) is 0 Å². The second-order valence-corrected chi connectivity index (χ2v) is 13.9. The number of benzene rings is 7. The zero-order valence-electron chi connectivity index (χ0n) is 24.5. The molecule has 7 aromatic carbocycles. The fourth-order valence-electron chi connectivity index (χ4n) is 6.42. The van der Waals surface area contributed by atoms with Crippen LogP contribution < -0.4 is 15.9 Å². The van der Waals surface area contributed by atoms with Crippen molar-refractivity contribution in [1.82, 2.24) is 9.78 Å². The standard InChI is InChI=1S/C41H29N2OP/c44-45(33-22-9-3-10-23-33,34-24-11-4-12-25-34)38-28-16-15-27-37(38)43-41-35-26-14-13-21-32(35)29-36(30-17-5-1-6-18-30)39(41)40(42-43)31-19-7-2-8-20-31/h1-29H. The molecule has 214 valence electrons. The Balaban J connectivity index is 1.53. The van der Waals surface area contributed by atoms with Gasteiger partial charge in [0.25, 0.3) is 0 Å². The van der Waals surface area contributed by atoms with E-state index in [4.69, 9.17) is 5.10 Å². The van der Waals surface area contributed by atoms with Gasteiger partial charge in [-0.1, -0.05) is 158 Å². The second-order valence-electron chi connectivity index (χ2n) is 11.1. The molecule has 3 nitrogen and oxygen atoms in total. The lowest BCUT2D eigenvalue weighted by Crippen LogP contribution is -2.28. The van der Waals surface area contributed by atoms with Crippen LogP contribution in [-0.2, 0) is 4.57 Å². The Kier molecular flexibility index (Phi) is 6.74. The van der Waals surface area contributed by atoms with Crippen molar-refractivity contribution in [3.05, 3.63) is 176 Å². The number of fused-ring (bicyclic) bond motifs is 3. The van der Waals surface area contributed by atoms with Crippen molar-refractivity contribution >= 4 is 44.7 Å². The Labute approximate surface area is 262 Å². The maximum Gasteiger partial charge on any atom is 0.173 e. The highest BCUT2D eigenvalue weighted by Gasteiger charge is 2.33. The monoisotopic (exact) mass is 596 g/mol. The number of para-hydroxylation sites is 1. The molecule has 0 spiro atoms. The average Bonchev–Trinajstić information content (AvgIpc) is 3.53. The molecule has 0 bridgehead atoms. The highest BCUT2D eigenvalue weighted by atomic mass is 31.2. The minimum Gasteiger partial charge on any atom is -0.309 e. The van der Waals surface area contributed by atoms with Crippen LogP contribution in [0.15, 0.2) is 176 Å². The Morgan fingerprint density at radius 3 is 1.67 bits per heavy atom. The van der Waals surface area contributed by atoms with E-state index in [-0.39, 0.29) is 0 Å². The highest BCUT2D eigenvalue weighted by Crippen LogP contribution is 2.46. The third-order valence-corrected chi connectivity index (χ3v) is 11.6. The summed E-state index contributed by atoms with van der Waals surface area (Å²) in [7, 11) is -3.31. The van der Waals surface area contributed by atoms with E-state index in [9.17, 15) is 0 Å². The van der Waals surface area contributed by atoms with Crippen molar-refractivity contribution in [3.8, 4) is 28.1 Å². The van der Waals surface area contributed by atoms with Gasteiger partial charge in [-0.25, -0.2) is 4.68 Å². The third kappa shape index (κ3) is 4.52. The van der Waals surface area contributed by atoms with Crippen LogP contribution in [0.4, 0.5) is 0 Å². The molecule has 45 heavy (non-hydrogen) atoms. The van der Waals surface area contributed by atoms with Gasteiger partial charge in [0.2, 0.25) is 0 Å². The van der Waals surface area contributed by atoms with Crippen LogP contribution >= 0.6 is 7.14 Å². The van der Waals surface area contributed by atoms with E-state index in [2.05, 4.69) is 84.9 Å². The molecule has 0 amide bonds. The van der Waals surface area contributed by atoms with Gasteiger partial charge in [0, 0.05) is 32.2 Å². The number of nitrogens with zero attached hydrogens (tertiary/aromatic N) is 2. The summed E-state index contributed by atoms with van der Waals surface area (Å²) in [6.45, 7) is 0. The average molecular weight is 597 g/mol. The second kappa shape index (κ2) is 11.2. The van der Waals surface area contributed by atoms with E-state index in [0.717, 1.165) is 65.7 Å². The molecule has 1 aromatic heterocycles. The Hall–Kier alpha value is -5.50. The quantitative estimate of drug-likeness (QED) is 0.180. The van der Waals surface area contributed by atoms with Gasteiger partial charge in [-0.3, -0.25) is 0 Å². The highest BCUT2D eigenvalue weighted by molar-refractivity contribution is 7.85. The van der Waals surface area contributed by atoms with Crippen LogP contribution in [0.3, 0.4) is 0 Å². The molecular formula is C41H29N2OP. The van der Waals surface area contributed by atoms with Gasteiger partial charge in [0.05, 0.1) is 11.2 Å². The molecule has 0 aliphatic rings. The van der Waals surface area contributed by atoms with E-state index in [1.807, 2.05) is 95.7 Å². The van der Waals surface area contributed by atoms with Gasteiger partial charge in [-0.2, -0.15) is 5.10 Å². The van der Waals surface area contributed by atoms with Crippen LogP contribution in [0, 0.1) is 0 Å². The topological polar surface area (TPSA) is 34.9 Å². The summed E-state index contributed by atoms with van der Waals surface area (Å²) in [5, 5.41) is 11.0. The molecule has 0 radical (unpaired) electrons. The zero-order valence-corrected chi connectivity index (χ0v) is 25.4. The molecule has 0 atom stereocenters. The van der Waals surface area contributed by atoms with Gasteiger partial charge >= 0.3 is 0 Å². The fourth-order valence-corrected chi connectivity index (χ4v) is 9.24. The van der Waals surface area contributed by atoms with Crippen molar-refractivity contribution in [2.75, 3.05) is 0 Å². The first-order chi connectivity index (χ1) is 22.2. The van der Waals surface area contributed by atoms with Gasteiger partial charge in [0.15, 0.2) is 7.14 Å². The molecular weight excluding hydrogens is 567 g/mol. The summed E-state index contributed by atoms with van der Waals surface area (Å²) in [5.74, 6) is 0. The Morgan fingerprint density at radius 2 is 1.02 bits per heavy atom. The summed E-state index contributed by atoms with van der Waals surface area (Å²) in [6.07, 6.45) is 0. The normalized spacial score (nSPS) is 11.6. The molecule has 0 N–H and O–H groups in total. The van der Waals surface area contributed by atoms with Gasteiger partial charge < -0.3 is 4.57 Å². The van der Waals surface area contributed by atoms with E-state index < -0.39 is 7.14 Å². The van der Waals surface area contributed by atoms with Crippen LogP contribution in [-0.4, -0.2) is 9.78 Å². The van der Waals surface area contributed by atoms with Crippen molar-refractivity contribution < 1.29 is 4.57 Å². The number of hydrogen-bond acceptors (Lipinski definition) is 2. The molecule has 8 aromatic rings. The van der Waals surface area contributed by atoms with Gasteiger partial charge in [-0.05, 0) is 34.7 Å². The summed E-state index contributed by atoms with van der Waals surface area (Å²) >= 11 is 0. The predicted octanol–water partition coefficient (Wildman–Crippen LogP) is 9.15. The molecule has 1 heterocycles. The Morgan fingerprint density at radius 1 is 0.511 bits per heavy atom. The molecule has 0 aliphatic heterocycles. The van der Waals surface area contributed by atoms with Crippen LogP contribution in [0.2, 0.25) is 0 Å². The largest absolute Gasteiger partial charge is 0.309 e. The van der Waals surface area contributed by atoms with E-state index in [1.165, 1.54) is 0 Å². The Bertz CT molecular complexity index is 2290. The SMILES string of the molecule is O=P(c1ccccc1)(c1ccccc1)c1ccccc1-n1nc(-c2ccccc2)c2c(-c3ccccc3)cc3ccccc3c21. The number of aromatic nitrogens is 2. The van der Waals surface area contributed by atoms with E-state index in [1.54, 1.807) is 0 Å². The number of hydrogen-bond donors (Lipinski definition) is 0. The van der Waals surface area contributed by atoms with E-state index >= 15 is 4.57 Å². The maximum atomic E-state index is 15.7. The molecule has 0 fully saturated rings. The van der Waals surface area contributed by atoms with Crippen LogP contribution in [0.5, 0.6) is 0 Å².